The number of hydrogen-bond donors (Lipinski definition) is 1. The van der Waals surface area contributed by atoms with Crippen LogP contribution in [0, 0.1) is 11.3 Å². The standard InChI is InChI=1S/C8H9Cl2N3O2/c1-5-4-8(15,7(9)10)13(12-5)6(14)2-3-11/h7,15H,2,4H2,1H3. The van der Waals surface area contributed by atoms with E-state index < -0.39 is 16.5 Å². The minimum absolute atomic E-state index is 0.0852. The van der Waals surface area contributed by atoms with Gasteiger partial charge in [-0.3, -0.25) is 4.79 Å². The van der Waals surface area contributed by atoms with Crippen LogP contribution in [0.3, 0.4) is 0 Å². The first-order valence-corrected chi connectivity index (χ1v) is 5.03. The summed E-state index contributed by atoms with van der Waals surface area (Å²) in [6.45, 7) is 1.64. The number of hydrogen-bond acceptors (Lipinski definition) is 4. The Balaban J connectivity index is 2.94. The number of carbonyl (C=O) groups excluding carboxylic acids is 1. The molecule has 0 radical (unpaired) electrons. The van der Waals surface area contributed by atoms with E-state index in [0.29, 0.717) is 5.71 Å². The van der Waals surface area contributed by atoms with Crippen LogP contribution >= 0.6 is 23.2 Å². The van der Waals surface area contributed by atoms with Crippen molar-refractivity contribution in [1.29, 1.82) is 5.26 Å². The first-order chi connectivity index (χ1) is 6.91. The van der Waals surface area contributed by atoms with E-state index in [1.807, 2.05) is 0 Å². The fourth-order valence-electron chi connectivity index (χ4n) is 1.33. The number of alkyl halides is 2. The molecule has 0 bridgehead atoms. The van der Waals surface area contributed by atoms with E-state index in [1.165, 1.54) is 0 Å². The van der Waals surface area contributed by atoms with E-state index >= 15 is 0 Å². The molecule has 0 saturated heterocycles. The molecule has 0 aromatic carbocycles. The second-order valence-electron chi connectivity index (χ2n) is 3.23. The van der Waals surface area contributed by atoms with Gasteiger partial charge in [0, 0.05) is 12.1 Å². The van der Waals surface area contributed by atoms with Crippen molar-refractivity contribution in [3.05, 3.63) is 0 Å². The number of aliphatic hydroxyl groups is 1. The Morgan fingerprint density at radius 1 is 1.87 bits per heavy atom. The molecule has 0 saturated carbocycles. The smallest absolute Gasteiger partial charge is 0.259 e. The molecule has 0 fully saturated rings. The average molecular weight is 250 g/mol. The van der Waals surface area contributed by atoms with Crippen molar-refractivity contribution in [3.8, 4) is 6.07 Å². The molecule has 1 aliphatic heterocycles. The molecule has 1 aliphatic rings. The maximum Gasteiger partial charge on any atom is 0.259 e. The molecule has 15 heavy (non-hydrogen) atoms. The molecule has 1 amide bonds. The van der Waals surface area contributed by atoms with Gasteiger partial charge in [0.25, 0.3) is 5.91 Å². The molecular weight excluding hydrogens is 241 g/mol. The molecule has 1 N–H and O–H groups in total. The predicted molar refractivity (Wildman–Crippen MR) is 55.2 cm³/mol. The summed E-state index contributed by atoms with van der Waals surface area (Å²) in [6.07, 6.45) is -0.290. The van der Waals surface area contributed by atoms with Gasteiger partial charge in [0.05, 0.1) is 6.07 Å². The molecule has 0 aromatic rings. The van der Waals surface area contributed by atoms with E-state index in [-0.39, 0.29) is 12.8 Å². The summed E-state index contributed by atoms with van der Waals surface area (Å²) in [4.78, 5) is 10.3. The summed E-state index contributed by atoms with van der Waals surface area (Å²) < 4.78 is 0. The van der Waals surface area contributed by atoms with Crippen LogP contribution in [-0.2, 0) is 4.79 Å². The number of nitrogens with zero attached hydrogens (tertiary/aromatic N) is 3. The molecule has 1 heterocycles. The lowest BCUT2D eigenvalue weighted by molar-refractivity contribution is -0.151. The molecule has 1 unspecified atom stereocenters. The second kappa shape index (κ2) is 4.35. The van der Waals surface area contributed by atoms with Crippen LogP contribution in [0.15, 0.2) is 5.10 Å². The van der Waals surface area contributed by atoms with Crippen LogP contribution in [0.2, 0.25) is 0 Å². The average Bonchev–Trinajstić information content (AvgIpc) is 2.43. The fourth-order valence-corrected chi connectivity index (χ4v) is 1.67. The third-order valence-corrected chi connectivity index (χ3v) is 2.67. The summed E-state index contributed by atoms with van der Waals surface area (Å²) in [6, 6.07) is 1.68. The normalized spacial score (nSPS) is 25.3. The van der Waals surface area contributed by atoms with Crippen LogP contribution < -0.4 is 0 Å². The quantitative estimate of drug-likeness (QED) is 0.742. The molecule has 82 valence electrons. The first kappa shape index (κ1) is 12.2. The number of halogens is 2. The Morgan fingerprint density at radius 2 is 2.47 bits per heavy atom. The number of rotatable bonds is 2. The van der Waals surface area contributed by atoms with Crippen molar-refractivity contribution >= 4 is 34.8 Å². The maximum absolute atomic E-state index is 11.4. The molecule has 1 rings (SSSR count). The summed E-state index contributed by atoms with van der Waals surface area (Å²) in [5.41, 5.74) is -1.20. The number of hydrazone groups is 1. The van der Waals surface area contributed by atoms with Gasteiger partial charge in [-0.15, -0.1) is 0 Å². The van der Waals surface area contributed by atoms with Gasteiger partial charge in [-0.25, -0.2) is 0 Å². The highest BCUT2D eigenvalue weighted by Gasteiger charge is 2.48. The molecule has 0 aliphatic carbocycles. The van der Waals surface area contributed by atoms with Crippen molar-refractivity contribution in [2.24, 2.45) is 5.10 Å². The monoisotopic (exact) mass is 249 g/mol. The van der Waals surface area contributed by atoms with Crippen molar-refractivity contribution in [2.45, 2.75) is 30.3 Å². The van der Waals surface area contributed by atoms with Gasteiger partial charge < -0.3 is 5.11 Å². The Bertz CT molecular complexity index is 350. The van der Waals surface area contributed by atoms with E-state index in [9.17, 15) is 9.90 Å². The zero-order chi connectivity index (χ0) is 11.6. The predicted octanol–water partition coefficient (Wildman–Crippen LogP) is 1.00. The molecule has 0 aromatic heterocycles. The van der Waals surface area contributed by atoms with Gasteiger partial charge >= 0.3 is 0 Å². The van der Waals surface area contributed by atoms with Crippen LogP contribution in [0.5, 0.6) is 0 Å². The summed E-state index contributed by atoms with van der Waals surface area (Å²) >= 11 is 11.2. The zero-order valence-electron chi connectivity index (χ0n) is 7.94. The second-order valence-corrected chi connectivity index (χ2v) is 4.33. The Hall–Kier alpha value is -0.830. The molecule has 7 heteroatoms. The van der Waals surface area contributed by atoms with Gasteiger partial charge in [0.2, 0.25) is 0 Å². The number of carbonyl (C=O) groups is 1. The third-order valence-electron chi connectivity index (χ3n) is 1.97. The van der Waals surface area contributed by atoms with Gasteiger partial charge in [0.1, 0.15) is 6.42 Å². The number of amides is 1. The molecular formula is C8H9Cl2N3O2. The van der Waals surface area contributed by atoms with Crippen LogP contribution in [0.25, 0.3) is 0 Å². The molecule has 1 atom stereocenters. The molecule has 5 nitrogen and oxygen atoms in total. The van der Waals surface area contributed by atoms with Crippen molar-refractivity contribution in [3.63, 3.8) is 0 Å². The highest BCUT2D eigenvalue weighted by molar-refractivity contribution is 6.45. The van der Waals surface area contributed by atoms with Crippen LogP contribution in [0.1, 0.15) is 19.8 Å². The molecule has 0 spiro atoms. The SMILES string of the molecule is CC1=NN(C(=O)CC#N)C(O)(C(Cl)Cl)C1. The van der Waals surface area contributed by atoms with Gasteiger partial charge in [-0.05, 0) is 6.92 Å². The Kier molecular flexibility index (Phi) is 3.55. The van der Waals surface area contributed by atoms with Crippen LogP contribution in [-0.4, -0.2) is 32.3 Å². The van der Waals surface area contributed by atoms with Gasteiger partial charge in [0.15, 0.2) is 10.6 Å². The van der Waals surface area contributed by atoms with E-state index in [4.69, 9.17) is 28.5 Å². The summed E-state index contributed by atoms with van der Waals surface area (Å²) in [5.74, 6) is -0.622. The topological polar surface area (TPSA) is 76.7 Å². The van der Waals surface area contributed by atoms with E-state index in [1.54, 1.807) is 13.0 Å². The van der Waals surface area contributed by atoms with Gasteiger partial charge in [-0.2, -0.15) is 15.4 Å². The minimum Gasteiger partial charge on any atom is -0.366 e. The maximum atomic E-state index is 11.4. The van der Waals surface area contributed by atoms with Crippen molar-refractivity contribution < 1.29 is 9.90 Å². The Morgan fingerprint density at radius 3 is 2.93 bits per heavy atom. The Labute approximate surface area is 96.9 Å². The van der Waals surface area contributed by atoms with E-state index in [2.05, 4.69) is 5.10 Å². The van der Waals surface area contributed by atoms with Crippen molar-refractivity contribution in [1.82, 2.24) is 5.01 Å². The highest BCUT2D eigenvalue weighted by atomic mass is 35.5. The lowest BCUT2D eigenvalue weighted by atomic mass is 10.1. The van der Waals surface area contributed by atoms with Crippen LogP contribution in [0.4, 0.5) is 0 Å². The first-order valence-electron chi connectivity index (χ1n) is 4.16. The zero-order valence-corrected chi connectivity index (χ0v) is 9.46. The third kappa shape index (κ3) is 2.23. The van der Waals surface area contributed by atoms with Gasteiger partial charge in [-0.1, -0.05) is 23.2 Å². The lowest BCUT2D eigenvalue weighted by Crippen LogP contribution is -2.50. The largest absolute Gasteiger partial charge is 0.366 e. The van der Waals surface area contributed by atoms with Crippen molar-refractivity contribution in [2.75, 3.05) is 0 Å². The fraction of sp³-hybridized carbons (Fsp3) is 0.625. The summed E-state index contributed by atoms with van der Waals surface area (Å²) in [5, 5.41) is 23.0. The summed E-state index contributed by atoms with van der Waals surface area (Å²) in [7, 11) is 0. The number of nitriles is 1. The minimum atomic E-state index is -1.73. The lowest BCUT2D eigenvalue weighted by Gasteiger charge is -2.31. The van der Waals surface area contributed by atoms with E-state index in [0.717, 1.165) is 5.01 Å². The highest BCUT2D eigenvalue weighted by Crippen LogP contribution is 2.33.